The highest BCUT2D eigenvalue weighted by atomic mass is 19.4. The number of alkyl halides is 3. The second kappa shape index (κ2) is 9.02. The minimum atomic E-state index is -4.13. The molecule has 0 aromatic rings. The third kappa shape index (κ3) is 10.2. The Balaban J connectivity index is 3.84. The Bertz CT molecular complexity index is 233. The Hall–Kier alpha value is -0.980. The zero-order valence-electron chi connectivity index (χ0n) is 11.3. The van der Waals surface area contributed by atoms with Gasteiger partial charge < -0.3 is 10.6 Å². The first-order chi connectivity index (χ1) is 8.39. The molecule has 0 saturated heterocycles. The third-order valence-corrected chi connectivity index (χ3v) is 2.11. The van der Waals surface area contributed by atoms with Gasteiger partial charge in [0.05, 0.1) is 6.54 Å². The average molecular weight is 268 g/mol. The van der Waals surface area contributed by atoms with E-state index in [9.17, 15) is 13.2 Å². The van der Waals surface area contributed by atoms with Crippen molar-refractivity contribution in [1.29, 1.82) is 0 Å². The molecule has 108 valence electrons. The van der Waals surface area contributed by atoms with E-state index in [0.29, 0.717) is 25.5 Å². The van der Waals surface area contributed by atoms with E-state index >= 15 is 0 Å². The van der Waals surface area contributed by atoms with Gasteiger partial charge in [0, 0.05) is 19.6 Å². The van der Waals surface area contributed by atoms with E-state index in [1.54, 1.807) is 0 Å². The SMILES string of the molecule is CCNC(=NCCCN(C)CC(F)(F)F)NCC. The molecule has 0 rings (SSSR count). The number of rotatable bonds is 7. The molecule has 0 aromatic carbocycles. The summed E-state index contributed by atoms with van der Waals surface area (Å²) in [5.74, 6) is 0.707. The summed E-state index contributed by atoms with van der Waals surface area (Å²) < 4.78 is 36.2. The topological polar surface area (TPSA) is 39.7 Å². The van der Waals surface area contributed by atoms with E-state index in [1.807, 2.05) is 13.8 Å². The maximum absolute atomic E-state index is 12.1. The van der Waals surface area contributed by atoms with Crippen molar-refractivity contribution in [2.45, 2.75) is 26.4 Å². The first-order valence-electron chi connectivity index (χ1n) is 6.16. The molecule has 2 N–H and O–H groups in total. The predicted octanol–water partition coefficient (Wildman–Crippen LogP) is 1.45. The maximum Gasteiger partial charge on any atom is 0.401 e. The number of nitrogens with one attached hydrogen (secondary N) is 2. The molecule has 0 fully saturated rings. The van der Waals surface area contributed by atoms with Crippen molar-refractivity contribution >= 4 is 5.96 Å². The van der Waals surface area contributed by atoms with Gasteiger partial charge >= 0.3 is 6.18 Å². The van der Waals surface area contributed by atoms with Crippen molar-refractivity contribution in [2.75, 3.05) is 39.8 Å². The number of guanidine groups is 1. The molecule has 0 amide bonds. The van der Waals surface area contributed by atoms with Gasteiger partial charge in [-0.1, -0.05) is 0 Å². The monoisotopic (exact) mass is 268 g/mol. The molecular formula is C11H23F3N4. The van der Waals surface area contributed by atoms with E-state index in [4.69, 9.17) is 0 Å². The van der Waals surface area contributed by atoms with Crippen molar-refractivity contribution < 1.29 is 13.2 Å². The molecule has 0 unspecified atom stereocenters. The Kier molecular flexibility index (Phi) is 8.53. The highest BCUT2D eigenvalue weighted by Gasteiger charge is 2.28. The largest absolute Gasteiger partial charge is 0.401 e. The first kappa shape index (κ1) is 17.0. The van der Waals surface area contributed by atoms with E-state index in [1.165, 1.54) is 11.9 Å². The average Bonchev–Trinajstić information content (AvgIpc) is 2.22. The third-order valence-electron chi connectivity index (χ3n) is 2.11. The standard InChI is InChI=1S/C11H23F3N4/c1-4-15-10(16-5-2)17-7-6-8-18(3)9-11(12,13)14/h4-9H2,1-3H3,(H2,15,16,17). The van der Waals surface area contributed by atoms with Gasteiger partial charge in [0.2, 0.25) is 0 Å². The number of halogens is 3. The van der Waals surface area contributed by atoms with Crippen LogP contribution in [0.3, 0.4) is 0 Å². The molecule has 0 aliphatic rings. The summed E-state index contributed by atoms with van der Waals surface area (Å²) in [6, 6.07) is 0. The zero-order valence-corrected chi connectivity index (χ0v) is 11.3. The first-order valence-corrected chi connectivity index (χ1v) is 6.16. The molecule has 0 bridgehead atoms. The van der Waals surface area contributed by atoms with Gasteiger partial charge in [-0.25, -0.2) is 0 Å². The van der Waals surface area contributed by atoms with Crippen LogP contribution in [-0.4, -0.2) is 56.8 Å². The van der Waals surface area contributed by atoms with Crippen LogP contribution in [0.25, 0.3) is 0 Å². The normalized spacial score (nSPS) is 11.5. The molecule has 0 saturated carbocycles. The molecule has 18 heavy (non-hydrogen) atoms. The Morgan fingerprint density at radius 3 is 2.17 bits per heavy atom. The van der Waals surface area contributed by atoms with Gasteiger partial charge in [-0.15, -0.1) is 0 Å². The summed E-state index contributed by atoms with van der Waals surface area (Å²) >= 11 is 0. The molecule has 4 nitrogen and oxygen atoms in total. The van der Waals surface area contributed by atoms with E-state index in [2.05, 4.69) is 15.6 Å². The fourth-order valence-electron chi connectivity index (χ4n) is 1.43. The molecule has 0 radical (unpaired) electrons. The van der Waals surface area contributed by atoms with Crippen molar-refractivity contribution in [2.24, 2.45) is 4.99 Å². The lowest BCUT2D eigenvalue weighted by Crippen LogP contribution is -2.37. The van der Waals surface area contributed by atoms with Gasteiger partial charge in [-0.2, -0.15) is 13.2 Å². The van der Waals surface area contributed by atoms with E-state index < -0.39 is 12.7 Å². The second-order valence-electron chi connectivity index (χ2n) is 4.00. The van der Waals surface area contributed by atoms with E-state index in [0.717, 1.165) is 13.1 Å². The van der Waals surface area contributed by atoms with Crippen molar-refractivity contribution in [3.05, 3.63) is 0 Å². The van der Waals surface area contributed by atoms with Crippen LogP contribution in [0.5, 0.6) is 0 Å². The zero-order chi connectivity index (χ0) is 14.0. The van der Waals surface area contributed by atoms with Gasteiger partial charge in [0.25, 0.3) is 0 Å². The lowest BCUT2D eigenvalue weighted by molar-refractivity contribution is -0.143. The smallest absolute Gasteiger partial charge is 0.357 e. The highest BCUT2D eigenvalue weighted by molar-refractivity contribution is 5.79. The molecular weight excluding hydrogens is 245 g/mol. The van der Waals surface area contributed by atoms with Gasteiger partial charge in [-0.05, 0) is 33.9 Å². The van der Waals surface area contributed by atoms with Crippen molar-refractivity contribution in [1.82, 2.24) is 15.5 Å². The Labute approximate surface area is 107 Å². The maximum atomic E-state index is 12.1. The number of aliphatic imine (C=N–C) groups is 1. The summed E-state index contributed by atoms with van der Waals surface area (Å²) in [5, 5.41) is 6.11. The van der Waals surface area contributed by atoms with Crippen LogP contribution >= 0.6 is 0 Å². The lowest BCUT2D eigenvalue weighted by atomic mass is 10.4. The van der Waals surface area contributed by atoms with E-state index in [-0.39, 0.29) is 0 Å². The van der Waals surface area contributed by atoms with Gasteiger partial charge in [0.15, 0.2) is 5.96 Å². The number of hydrogen-bond donors (Lipinski definition) is 2. The van der Waals surface area contributed by atoms with Gasteiger partial charge in [0.1, 0.15) is 0 Å². The highest BCUT2D eigenvalue weighted by Crippen LogP contribution is 2.15. The molecule has 0 atom stereocenters. The minimum Gasteiger partial charge on any atom is -0.357 e. The quantitative estimate of drug-likeness (QED) is 0.417. The molecule has 0 heterocycles. The number of nitrogens with zero attached hydrogens (tertiary/aromatic N) is 2. The summed E-state index contributed by atoms with van der Waals surface area (Å²) in [6.45, 7) is 5.48. The number of hydrogen-bond acceptors (Lipinski definition) is 2. The Morgan fingerprint density at radius 1 is 1.17 bits per heavy atom. The minimum absolute atomic E-state index is 0.383. The molecule has 0 aliphatic carbocycles. The fourth-order valence-corrected chi connectivity index (χ4v) is 1.43. The van der Waals surface area contributed by atoms with Crippen LogP contribution in [0.15, 0.2) is 4.99 Å². The summed E-state index contributed by atoms with van der Waals surface area (Å²) in [4.78, 5) is 5.52. The van der Waals surface area contributed by atoms with Crippen LogP contribution in [-0.2, 0) is 0 Å². The summed E-state index contributed by atoms with van der Waals surface area (Å²) in [5.41, 5.74) is 0. The predicted molar refractivity (Wildman–Crippen MR) is 67.8 cm³/mol. The molecule has 0 aromatic heterocycles. The second-order valence-corrected chi connectivity index (χ2v) is 4.00. The van der Waals surface area contributed by atoms with Crippen molar-refractivity contribution in [3.8, 4) is 0 Å². The molecule has 0 aliphatic heterocycles. The van der Waals surface area contributed by atoms with Crippen LogP contribution in [0.1, 0.15) is 20.3 Å². The Morgan fingerprint density at radius 2 is 1.72 bits per heavy atom. The van der Waals surface area contributed by atoms with Crippen LogP contribution in [0, 0.1) is 0 Å². The molecule has 0 spiro atoms. The fraction of sp³-hybridized carbons (Fsp3) is 0.909. The summed E-state index contributed by atoms with van der Waals surface area (Å²) in [6.07, 6.45) is -3.52. The lowest BCUT2D eigenvalue weighted by Gasteiger charge is -2.17. The summed E-state index contributed by atoms with van der Waals surface area (Å²) in [7, 11) is 1.46. The van der Waals surface area contributed by atoms with Crippen molar-refractivity contribution in [3.63, 3.8) is 0 Å². The van der Waals surface area contributed by atoms with Crippen LogP contribution in [0.2, 0.25) is 0 Å². The molecule has 7 heteroatoms. The van der Waals surface area contributed by atoms with Crippen LogP contribution in [0.4, 0.5) is 13.2 Å². The van der Waals surface area contributed by atoms with Gasteiger partial charge in [-0.3, -0.25) is 9.89 Å². The van der Waals surface area contributed by atoms with Crippen LogP contribution < -0.4 is 10.6 Å².